The summed E-state index contributed by atoms with van der Waals surface area (Å²) in [5, 5.41) is 9.84. The fourth-order valence-corrected chi connectivity index (χ4v) is 14.3. The maximum atomic E-state index is 17.0. The number of hydrogen-bond acceptors (Lipinski definition) is 1. The summed E-state index contributed by atoms with van der Waals surface area (Å²) in [5.74, 6) is 0. The van der Waals surface area contributed by atoms with Crippen molar-refractivity contribution in [1.82, 2.24) is 0 Å². The molecule has 0 unspecified atom stereocenters. The molecule has 284 valence electrons. The van der Waals surface area contributed by atoms with Gasteiger partial charge in [-0.3, -0.25) is 0 Å². The first-order valence-electron chi connectivity index (χ1n) is 21.0. The molecule has 59 heavy (non-hydrogen) atoms. The first kappa shape index (κ1) is 35.0. The Balaban J connectivity index is 1.14. The summed E-state index contributed by atoms with van der Waals surface area (Å²) < 4.78 is 17.0. The summed E-state index contributed by atoms with van der Waals surface area (Å²) in [6, 6.07) is 60.2. The standard InChI is InChI=1S/C57H45OP/c1-55(2)49-20-12-9-17-40(49)46-30-35(24-27-52(46)55)59(58,36-25-28-53-47(31-36)41-18-10-13-21-50(41)56(53,3)4)34-23-26-39-43(29-34)37-15-7-8-16-38(37)44-32-48-42-19-11-14-22-51(42)57(5,6)54(48)33-45(39)44/h7-33H,1-6H3. The number of rotatable bonds is 3. The highest BCUT2D eigenvalue weighted by atomic mass is 31.2. The number of fused-ring (bicyclic) bond motifs is 15. The third kappa shape index (κ3) is 4.44. The van der Waals surface area contributed by atoms with Crippen molar-refractivity contribution in [3.63, 3.8) is 0 Å². The minimum atomic E-state index is -3.46. The predicted molar refractivity (Wildman–Crippen MR) is 251 cm³/mol. The smallest absolute Gasteiger partial charge is 0.171 e. The largest absolute Gasteiger partial charge is 0.309 e. The Bertz CT molecular complexity index is 3280. The van der Waals surface area contributed by atoms with Crippen LogP contribution in [0.2, 0.25) is 0 Å². The Hall–Kier alpha value is -6.01. The zero-order valence-corrected chi connectivity index (χ0v) is 35.3. The van der Waals surface area contributed by atoms with Crippen LogP contribution in [0, 0.1) is 0 Å². The zero-order valence-electron chi connectivity index (χ0n) is 34.4. The number of benzene rings is 9. The molecule has 3 aliphatic rings. The second-order valence-corrected chi connectivity index (χ2v) is 21.6. The second kappa shape index (κ2) is 11.6. The molecule has 2 heteroatoms. The molecule has 3 aliphatic carbocycles. The van der Waals surface area contributed by atoms with Crippen LogP contribution in [-0.4, -0.2) is 0 Å². The van der Waals surface area contributed by atoms with Gasteiger partial charge in [0.05, 0.1) is 0 Å². The van der Waals surface area contributed by atoms with Crippen molar-refractivity contribution in [1.29, 1.82) is 0 Å². The van der Waals surface area contributed by atoms with Crippen LogP contribution in [0.1, 0.15) is 74.9 Å². The lowest BCUT2D eigenvalue weighted by molar-refractivity contribution is 0.592. The highest BCUT2D eigenvalue weighted by Gasteiger charge is 2.41. The third-order valence-corrected chi connectivity index (χ3v) is 17.8. The molecular weight excluding hydrogens is 732 g/mol. The quantitative estimate of drug-likeness (QED) is 0.129. The van der Waals surface area contributed by atoms with Crippen LogP contribution >= 0.6 is 7.14 Å². The van der Waals surface area contributed by atoms with Crippen LogP contribution in [0.25, 0.3) is 65.7 Å². The summed E-state index contributed by atoms with van der Waals surface area (Å²) in [6.45, 7) is 13.9. The monoisotopic (exact) mass is 776 g/mol. The topological polar surface area (TPSA) is 17.1 Å². The molecule has 0 fully saturated rings. The van der Waals surface area contributed by atoms with Crippen molar-refractivity contribution >= 4 is 55.4 Å². The minimum Gasteiger partial charge on any atom is -0.309 e. The van der Waals surface area contributed by atoms with E-state index in [2.05, 4.69) is 205 Å². The summed E-state index contributed by atoms with van der Waals surface area (Å²) in [6.07, 6.45) is 0. The molecule has 0 heterocycles. The van der Waals surface area contributed by atoms with Gasteiger partial charge in [0.2, 0.25) is 0 Å². The Labute approximate surface area is 346 Å². The second-order valence-electron chi connectivity index (χ2n) is 18.8. The van der Waals surface area contributed by atoms with Gasteiger partial charge in [0.15, 0.2) is 7.14 Å². The average Bonchev–Trinajstić information content (AvgIpc) is 3.74. The van der Waals surface area contributed by atoms with Gasteiger partial charge in [0, 0.05) is 32.2 Å². The molecule has 0 saturated heterocycles. The van der Waals surface area contributed by atoms with Gasteiger partial charge < -0.3 is 4.57 Å². The maximum Gasteiger partial charge on any atom is 0.171 e. The zero-order chi connectivity index (χ0) is 40.2. The summed E-state index contributed by atoms with van der Waals surface area (Å²) in [4.78, 5) is 0. The van der Waals surface area contributed by atoms with Crippen LogP contribution < -0.4 is 15.9 Å². The van der Waals surface area contributed by atoms with Crippen LogP contribution in [-0.2, 0) is 20.8 Å². The Morgan fingerprint density at radius 1 is 0.288 bits per heavy atom. The van der Waals surface area contributed by atoms with E-state index in [1.165, 1.54) is 93.7 Å². The van der Waals surface area contributed by atoms with E-state index in [-0.39, 0.29) is 16.2 Å². The van der Waals surface area contributed by atoms with Crippen molar-refractivity contribution in [2.75, 3.05) is 0 Å². The average molecular weight is 777 g/mol. The molecule has 1 nitrogen and oxygen atoms in total. The van der Waals surface area contributed by atoms with Crippen molar-refractivity contribution in [3.8, 4) is 33.4 Å². The first-order chi connectivity index (χ1) is 28.4. The van der Waals surface area contributed by atoms with E-state index >= 15 is 4.57 Å². The molecule has 0 bridgehead atoms. The lowest BCUT2D eigenvalue weighted by atomic mass is 9.81. The summed E-state index contributed by atoms with van der Waals surface area (Å²) in [7, 11) is -3.46. The van der Waals surface area contributed by atoms with E-state index in [4.69, 9.17) is 0 Å². The molecular formula is C57H45OP. The van der Waals surface area contributed by atoms with E-state index < -0.39 is 7.14 Å². The maximum absolute atomic E-state index is 17.0. The third-order valence-electron chi connectivity index (χ3n) is 14.7. The lowest BCUT2D eigenvalue weighted by Gasteiger charge is -2.25. The molecule has 12 rings (SSSR count). The molecule has 0 amide bonds. The predicted octanol–water partition coefficient (Wildman–Crippen LogP) is 13.7. The van der Waals surface area contributed by atoms with E-state index in [0.717, 1.165) is 21.3 Å². The van der Waals surface area contributed by atoms with E-state index in [9.17, 15) is 0 Å². The van der Waals surface area contributed by atoms with Gasteiger partial charge in [0.25, 0.3) is 0 Å². The molecule has 0 radical (unpaired) electrons. The lowest BCUT2D eigenvalue weighted by Crippen LogP contribution is -2.26. The molecule has 0 aliphatic heterocycles. The molecule has 9 aromatic rings. The van der Waals surface area contributed by atoms with E-state index in [1.807, 2.05) is 0 Å². The van der Waals surface area contributed by atoms with Gasteiger partial charge in [-0.1, -0.05) is 175 Å². The molecule has 0 aromatic heterocycles. The van der Waals surface area contributed by atoms with Crippen molar-refractivity contribution < 1.29 is 4.57 Å². The Kier molecular flexibility index (Phi) is 6.87. The summed E-state index contributed by atoms with van der Waals surface area (Å²) >= 11 is 0. The van der Waals surface area contributed by atoms with Gasteiger partial charge in [-0.05, 0) is 129 Å². The number of hydrogen-bond donors (Lipinski definition) is 0. The van der Waals surface area contributed by atoms with Crippen LogP contribution in [0.15, 0.2) is 164 Å². The van der Waals surface area contributed by atoms with Crippen molar-refractivity contribution in [3.05, 3.63) is 197 Å². The van der Waals surface area contributed by atoms with Crippen molar-refractivity contribution in [2.24, 2.45) is 0 Å². The fraction of sp³-hybridized carbons (Fsp3) is 0.158. The van der Waals surface area contributed by atoms with Crippen LogP contribution in [0.3, 0.4) is 0 Å². The minimum absolute atomic E-state index is 0.116. The molecule has 0 saturated carbocycles. The van der Waals surface area contributed by atoms with E-state index in [0.29, 0.717) is 0 Å². The molecule has 0 atom stereocenters. The SMILES string of the molecule is CC1(C)c2ccccc2-c2cc(P(=O)(c3ccc4c(c3)-c3ccccc3C4(C)C)c3ccc4c(c3)c3ccccc3c3cc5c(cc43)C(C)(C)c3ccccc3-5)ccc21. The fourth-order valence-electron chi connectivity index (χ4n) is 11.6. The molecule has 9 aromatic carbocycles. The van der Waals surface area contributed by atoms with Gasteiger partial charge in [-0.15, -0.1) is 0 Å². The highest BCUT2D eigenvalue weighted by molar-refractivity contribution is 7.85. The molecule has 0 spiro atoms. The van der Waals surface area contributed by atoms with Gasteiger partial charge in [-0.25, -0.2) is 0 Å². The van der Waals surface area contributed by atoms with Gasteiger partial charge in [0.1, 0.15) is 0 Å². The van der Waals surface area contributed by atoms with Gasteiger partial charge in [-0.2, -0.15) is 0 Å². The van der Waals surface area contributed by atoms with Crippen LogP contribution in [0.5, 0.6) is 0 Å². The first-order valence-corrected chi connectivity index (χ1v) is 22.7. The van der Waals surface area contributed by atoms with Crippen molar-refractivity contribution in [2.45, 2.75) is 57.8 Å². The van der Waals surface area contributed by atoms with E-state index in [1.54, 1.807) is 0 Å². The van der Waals surface area contributed by atoms with Crippen LogP contribution in [0.4, 0.5) is 0 Å². The normalized spacial score (nSPS) is 16.1. The molecule has 0 N–H and O–H groups in total. The summed E-state index contributed by atoms with van der Waals surface area (Å²) in [5.41, 5.74) is 15.0. The Morgan fingerprint density at radius 2 is 0.627 bits per heavy atom. The van der Waals surface area contributed by atoms with Gasteiger partial charge >= 0.3 is 0 Å². The highest BCUT2D eigenvalue weighted by Crippen LogP contribution is 2.55. The Morgan fingerprint density at radius 3 is 1.14 bits per heavy atom.